The number of carbonyl (C=O) groups is 2. The smallest absolute Gasteiger partial charge is 0.321 e. The summed E-state index contributed by atoms with van der Waals surface area (Å²) in [5, 5.41) is 7.54. The van der Waals surface area contributed by atoms with E-state index in [0.29, 0.717) is 0 Å². The highest BCUT2D eigenvalue weighted by atomic mass is 35.5. The molecule has 0 aliphatic carbocycles. The zero-order chi connectivity index (χ0) is 13.0. The van der Waals surface area contributed by atoms with Crippen molar-refractivity contribution in [3.05, 3.63) is 26.6 Å². The van der Waals surface area contributed by atoms with Crippen molar-refractivity contribution in [2.45, 2.75) is 6.54 Å². The standard InChI is InChI=1S/C8H8Cl2N4O3/c1-11-8(17)13-5(15)3-14-7(16)6(10)4(9)2-12-14/h2H,3H2,1H3,(H2,11,13,15,17). The second kappa shape index (κ2) is 5.65. The van der Waals surface area contributed by atoms with E-state index in [2.05, 4.69) is 10.4 Å². The molecule has 1 aromatic rings. The number of nitrogens with one attached hydrogen (secondary N) is 2. The first kappa shape index (κ1) is 13.5. The molecule has 0 aromatic carbocycles. The van der Waals surface area contributed by atoms with Gasteiger partial charge in [-0.1, -0.05) is 23.2 Å². The molecule has 0 saturated heterocycles. The molecule has 0 fully saturated rings. The maximum atomic E-state index is 11.5. The minimum atomic E-state index is -0.703. The summed E-state index contributed by atoms with van der Waals surface area (Å²) < 4.78 is 0.798. The van der Waals surface area contributed by atoms with E-state index in [1.807, 2.05) is 5.32 Å². The van der Waals surface area contributed by atoms with Gasteiger partial charge in [0.15, 0.2) is 0 Å². The van der Waals surface area contributed by atoms with E-state index in [-0.39, 0.29) is 10.0 Å². The molecule has 0 unspecified atom stereocenters. The number of rotatable bonds is 2. The zero-order valence-electron chi connectivity index (χ0n) is 8.66. The van der Waals surface area contributed by atoms with Crippen molar-refractivity contribution >= 4 is 35.1 Å². The van der Waals surface area contributed by atoms with Crippen molar-refractivity contribution in [2.75, 3.05) is 7.05 Å². The van der Waals surface area contributed by atoms with Crippen LogP contribution in [0.5, 0.6) is 0 Å². The van der Waals surface area contributed by atoms with Crippen molar-refractivity contribution < 1.29 is 9.59 Å². The largest absolute Gasteiger partial charge is 0.341 e. The van der Waals surface area contributed by atoms with Gasteiger partial charge in [0.05, 0.1) is 11.2 Å². The maximum absolute atomic E-state index is 11.5. The molecule has 1 heterocycles. The second-order valence-electron chi connectivity index (χ2n) is 2.90. The van der Waals surface area contributed by atoms with Crippen LogP contribution in [-0.4, -0.2) is 28.8 Å². The summed E-state index contributed by atoms with van der Waals surface area (Å²) in [5.41, 5.74) is -0.703. The van der Waals surface area contributed by atoms with Gasteiger partial charge in [-0.25, -0.2) is 9.48 Å². The van der Waals surface area contributed by atoms with Gasteiger partial charge < -0.3 is 5.32 Å². The molecule has 2 N–H and O–H groups in total. The summed E-state index contributed by atoms with van der Waals surface area (Å²) >= 11 is 11.1. The Labute approximate surface area is 106 Å². The van der Waals surface area contributed by atoms with E-state index in [1.165, 1.54) is 7.05 Å². The normalized spacial score (nSPS) is 9.82. The first-order valence-electron chi connectivity index (χ1n) is 4.38. The average Bonchev–Trinajstić information content (AvgIpc) is 2.29. The molecule has 1 aromatic heterocycles. The monoisotopic (exact) mass is 278 g/mol. The topological polar surface area (TPSA) is 93.1 Å². The van der Waals surface area contributed by atoms with Gasteiger partial charge in [-0.05, 0) is 0 Å². The Hall–Kier alpha value is -1.60. The summed E-state index contributed by atoms with van der Waals surface area (Å²) in [6, 6.07) is -0.678. The number of amides is 3. The molecular weight excluding hydrogens is 271 g/mol. The van der Waals surface area contributed by atoms with Crippen LogP contribution in [0.15, 0.2) is 11.0 Å². The summed E-state index contributed by atoms with van der Waals surface area (Å²) in [4.78, 5) is 33.6. The van der Waals surface area contributed by atoms with Crippen molar-refractivity contribution in [1.82, 2.24) is 20.4 Å². The molecule has 0 atom stereocenters. The van der Waals surface area contributed by atoms with Crippen LogP contribution in [-0.2, 0) is 11.3 Å². The Balaban J connectivity index is 2.83. The van der Waals surface area contributed by atoms with Crippen LogP contribution in [0.3, 0.4) is 0 Å². The van der Waals surface area contributed by atoms with Crippen molar-refractivity contribution in [2.24, 2.45) is 0 Å². The molecule has 0 bridgehead atoms. The number of halogens is 2. The minimum Gasteiger partial charge on any atom is -0.341 e. The Bertz CT molecular complexity index is 514. The van der Waals surface area contributed by atoms with Crippen LogP contribution < -0.4 is 16.2 Å². The van der Waals surface area contributed by atoms with Gasteiger partial charge in [0.1, 0.15) is 11.6 Å². The molecule has 17 heavy (non-hydrogen) atoms. The molecular formula is C8H8Cl2N4O3. The average molecular weight is 279 g/mol. The molecule has 1 rings (SSSR count). The quantitative estimate of drug-likeness (QED) is 0.797. The molecule has 3 amide bonds. The Kier molecular flexibility index (Phi) is 4.47. The van der Waals surface area contributed by atoms with Gasteiger partial charge in [-0.2, -0.15) is 5.10 Å². The zero-order valence-corrected chi connectivity index (χ0v) is 10.2. The number of nitrogens with zero attached hydrogens (tertiary/aromatic N) is 2. The SMILES string of the molecule is CNC(=O)NC(=O)Cn1ncc(Cl)c(Cl)c1=O. The molecule has 7 nitrogen and oxygen atoms in total. The molecule has 9 heteroatoms. The van der Waals surface area contributed by atoms with Crippen molar-refractivity contribution in [3.8, 4) is 0 Å². The summed E-state index contributed by atoms with van der Waals surface area (Å²) in [5.74, 6) is -0.697. The van der Waals surface area contributed by atoms with Crippen LogP contribution in [0.1, 0.15) is 0 Å². The lowest BCUT2D eigenvalue weighted by Gasteiger charge is -2.05. The molecule has 92 valence electrons. The van der Waals surface area contributed by atoms with Gasteiger partial charge >= 0.3 is 6.03 Å². The van der Waals surface area contributed by atoms with Gasteiger partial charge in [-0.3, -0.25) is 14.9 Å². The van der Waals surface area contributed by atoms with Gasteiger partial charge in [0.25, 0.3) is 5.56 Å². The molecule has 0 aliphatic heterocycles. The third-order valence-corrected chi connectivity index (χ3v) is 2.46. The van der Waals surface area contributed by atoms with Crippen LogP contribution >= 0.6 is 23.2 Å². The van der Waals surface area contributed by atoms with Gasteiger partial charge in [0, 0.05) is 7.05 Å². The molecule has 0 aliphatic rings. The fraction of sp³-hybridized carbons (Fsp3) is 0.250. The second-order valence-corrected chi connectivity index (χ2v) is 3.68. The fourth-order valence-electron chi connectivity index (χ4n) is 0.922. The lowest BCUT2D eigenvalue weighted by atomic mass is 10.5. The first-order valence-corrected chi connectivity index (χ1v) is 5.14. The number of urea groups is 1. The fourth-order valence-corrected chi connectivity index (χ4v) is 1.19. The highest BCUT2D eigenvalue weighted by Gasteiger charge is 2.12. The first-order chi connectivity index (χ1) is 7.95. The predicted molar refractivity (Wildman–Crippen MR) is 61.1 cm³/mol. The van der Waals surface area contributed by atoms with E-state index in [1.54, 1.807) is 0 Å². The summed E-state index contributed by atoms with van der Waals surface area (Å²) in [7, 11) is 1.35. The minimum absolute atomic E-state index is 0.000346. The van der Waals surface area contributed by atoms with Crippen LogP contribution in [0.25, 0.3) is 0 Å². The lowest BCUT2D eigenvalue weighted by Crippen LogP contribution is -2.41. The Morgan fingerprint density at radius 1 is 1.47 bits per heavy atom. The third kappa shape index (κ3) is 3.43. The highest BCUT2D eigenvalue weighted by Crippen LogP contribution is 2.14. The van der Waals surface area contributed by atoms with Crippen molar-refractivity contribution in [3.63, 3.8) is 0 Å². The summed E-state index contributed by atoms with van der Waals surface area (Å²) in [6.07, 6.45) is 1.14. The van der Waals surface area contributed by atoms with Gasteiger partial charge in [-0.15, -0.1) is 0 Å². The molecule has 0 radical (unpaired) electrons. The van der Waals surface area contributed by atoms with Gasteiger partial charge in [0.2, 0.25) is 5.91 Å². The van der Waals surface area contributed by atoms with Crippen LogP contribution in [0.2, 0.25) is 10.0 Å². The predicted octanol–water partition coefficient (Wildman–Crippen LogP) is 0.00570. The highest BCUT2D eigenvalue weighted by molar-refractivity contribution is 6.41. The van der Waals surface area contributed by atoms with E-state index in [0.717, 1.165) is 10.9 Å². The Morgan fingerprint density at radius 3 is 2.71 bits per heavy atom. The van der Waals surface area contributed by atoms with E-state index >= 15 is 0 Å². The van der Waals surface area contributed by atoms with Crippen molar-refractivity contribution in [1.29, 1.82) is 0 Å². The van der Waals surface area contributed by atoms with Crippen LogP contribution in [0, 0.1) is 0 Å². The Morgan fingerprint density at radius 2 is 2.12 bits per heavy atom. The number of carbonyl (C=O) groups excluding carboxylic acids is 2. The number of hydrogen-bond acceptors (Lipinski definition) is 4. The number of imide groups is 1. The third-order valence-electron chi connectivity index (χ3n) is 1.72. The van der Waals surface area contributed by atoms with E-state index in [4.69, 9.17) is 23.2 Å². The van der Waals surface area contributed by atoms with E-state index in [9.17, 15) is 14.4 Å². The number of aromatic nitrogens is 2. The number of hydrogen-bond donors (Lipinski definition) is 2. The maximum Gasteiger partial charge on any atom is 0.321 e. The van der Waals surface area contributed by atoms with E-state index < -0.39 is 24.0 Å². The lowest BCUT2D eigenvalue weighted by molar-refractivity contribution is -0.120. The van der Waals surface area contributed by atoms with Crippen LogP contribution in [0.4, 0.5) is 4.79 Å². The molecule has 0 saturated carbocycles. The summed E-state index contributed by atoms with van der Waals surface area (Å²) in [6.45, 7) is -0.427. The molecule has 0 spiro atoms.